The Morgan fingerprint density at radius 2 is 1.71 bits per heavy atom. The summed E-state index contributed by atoms with van der Waals surface area (Å²) < 4.78 is 38.9. The zero-order chi connectivity index (χ0) is 20.2. The van der Waals surface area contributed by atoms with Crippen molar-refractivity contribution in [3.63, 3.8) is 0 Å². The van der Waals surface area contributed by atoms with Crippen molar-refractivity contribution in [1.82, 2.24) is 5.32 Å². The number of halogens is 4. The Morgan fingerprint density at radius 3 is 2.36 bits per heavy atom. The molecule has 0 heterocycles. The molecule has 3 nitrogen and oxygen atoms in total. The molecular formula is C21H22ClF3N2O. The molecule has 0 spiro atoms. The topological polar surface area (TPSA) is 41.1 Å². The fraction of sp³-hybridized carbons (Fsp3) is 0.381. The Morgan fingerprint density at radius 1 is 1.04 bits per heavy atom. The van der Waals surface area contributed by atoms with Crippen molar-refractivity contribution in [3.05, 3.63) is 64.7 Å². The van der Waals surface area contributed by atoms with Crippen molar-refractivity contribution in [2.45, 2.75) is 43.8 Å². The zero-order valence-electron chi connectivity index (χ0n) is 15.3. The lowest BCUT2D eigenvalue weighted by Gasteiger charge is -2.38. The molecule has 0 saturated heterocycles. The lowest BCUT2D eigenvalue weighted by molar-refractivity contribution is -0.137. The molecule has 1 amide bonds. The van der Waals surface area contributed by atoms with Gasteiger partial charge in [-0.1, -0.05) is 36.9 Å². The number of nitrogens with one attached hydrogen (secondary N) is 2. The maximum Gasteiger partial charge on any atom is 0.416 e. The van der Waals surface area contributed by atoms with Crippen molar-refractivity contribution in [2.75, 3.05) is 11.9 Å². The monoisotopic (exact) mass is 410 g/mol. The van der Waals surface area contributed by atoms with Gasteiger partial charge < -0.3 is 10.6 Å². The Bertz CT molecular complexity index is 815. The summed E-state index contributed by atoms with van der Waals surface area (Å²) in [7, 11) is 0. The van der Waals surface area contributed by atoms with Gasteiger partial charge in [-0.05, 0) is 55.3 Å². The molecule has 0 aliphatic heterocycles. The van der Waals surface area contributed by atoms with Gasteiger partial charge in [-0.3, -0.25) is 4.79 Å². The summed E-state index contributed by atoms with van der Waals surface area (Å²) in [4.78, 5) is 12.7. The molecular weight excluding hydrogens is 389 g/mol. The van der Waals surface area contributed by atoms with E-state index in [0.29, 0.717) is 11.6 Å². The predicted molar refractivity (Wildman–Crippen MR) is 105 cm³/mol. The van der Waals surface area contributed by atoms with Crippen LogP contribution in [0.1, 0.15) is 48.0 Å². The van der Waals surface area contributed by atoms with Crippen LogP contribution in [0.5, 0.6) is 0 Å². The molecule has 0 radical (unpaired) electrons. The summed E-state index contributed by atoms with van der Waals surface area (Å²) in [6.07, 6.45) is 0.0873. The summed E-state index contributed by atoms with van der Waals surface area (Å²) in [5.74, 6) is -0.481. The highest BCUT2D eigenvalue weighted by Crippen LogP contribution is 2.31. The first kappa shape index (κ1) is 20.5. The van der Waals surface area contributed by atoms with Gasteiger partial charge in [0.1, 0.15) is 0 Å². The maximum absolute atomic E-state index is 13.0. The van der Waals surface area contributed by atoms with Crippen molar-refractivity contribution in [1.29, 1.82) is 0 Å². The minimum Gasteiger partial charge on any atom is -0.383 e. The van der Waals surface area contributed by atoms with E-state index in [9.17, 15) is 18.0 Å². The number of anilines is 1. The molecule has 1 aliphatic carbocycles. The van der Waals surface area contributed by atoms with Gasteiger partial charge in [0.25, 0.3) is 5.91 Å². The van der Waals surface area contributed by atoms with Crippen LogP contribution < -0.4 is 10.6 Å². The Kier molecular flexibility index (Phi) is 6.18. The zero-order valence-corrected chi connectivity index (χ0v) is 16.0. The van der Waals surface area contributed by atoms with Crippen LogP contribution in [0.15, 0.2) is 48.5 Å². The molecule has 1 fully saturated rings. The predicted octanol–water partition coefficient (Wildman–Crippen LogP) is 5.90. The minimum absolute atomic E-state index is 0.0197. The Hall–Kier alpha value is -2.21. The summed E-state index contributed by atoms with van der Waals surface area (Å²) in [5, 5.41) is 6.97. The molecule has 2 aromatic carbocycles. The maximum atomic E-state index is 13.0. The Balaban J connectivity index is 1.74. The van der Waals surface area contributed by atoms with Gasteiger partial charge in [0.05, 0.1) is 11.1 Å². The van der Waals surface area contributed by atoms with Crippen LogP contribution >= 0.6 is 11.6 Å². The van der Waals surface area contributed by atoms with E-state index in [1.165, 1.54) is 12.1 Å². The van der Waals surface area contributed by atoms with E-state index in [1.807, 2.05) is 12.1 Å². The Labute approximate surface area is 167 Å². The molecule has 2 aromatic rings. The number of carbonyl (C=O) groups is 1. The van der Waals surface area contributed by atoms with E-state index in [-0.39, 0.29) is 5.56 Å². The third-order valence-corrected chi connectivity index (χ3v) is 5.37. The minimum atomic E-state index is -4.48. The van der Waals surface area contributed by atoms with Gasteiger partial charge in [-0.15, -0.1) is 0 Å². The molecule has 3 rings (SSSR count). The standard InChI is InChI=1S/C21H22ClF3N2O/c22-17-7-9-18(10-8-17)26-14-20(11-2-1-3-12-20)27-19(28)15-5-4-6-16(13-15)21(23,24)25/h4-10,13,26H,1-3,11-12,14H2,(H,27,28). The molecule has 150 valence electrons. The van der Waals surface area contributed by atoms with E-state index in [2.05, 4.69) is 10.6 Å². The molecule has 0 bridgehead atoms. The van der Waals surface area contributed by atoms with E-state index in [4.69, 9.17) is 11.6 Å². The van der Waals surface area contributed by atoms with Gasteiger partial charge >= 0.3 is 6.18 Å². The highest BCUT2D eigenvalue weighted by Gasteiger charge is 2.35. The molecule has 2 N–H and O–H groups in total. The fourth-order valence-electron chi connectivity index (χ4n) is 3.56. The quantitative estimate of drug-likeness (QED) is 0.644. The first-order chi connectivity index (χ1) is 13.3. The van der Waals surface area contributed by atoms with Crippen LogP contribution in [0.25, 0.3) is 0 Å². The van der Waals surface area contributed by atoms with Gasteiger partial charge in [0.15, 0.2) is 0 Å². The number of carbonyl (C=O) groups excluding carboxylic acids is 1. The van der Waals surface area contributed by atoms with Gasteiger partial charge in [0, 0.05) is 22.8 Å². The van der Waals surface area contributed by atoms with E-state index >= 15 is 0 Å². The van der Waals surface area contributed by atoms with Crippen LogP contribution in [0, 0.1) is 0 Å². The number of benzene rings is 2. The molecule has 0 unspecified atom stereocenters. The highest BCUT2D eigenvalue weighted by atomic mass is 35.5. The normalized spacial score (nSPS) is 16.4. The van der Waals surface area contributed by atoms with Crippen LogP contribution in [0.4, 0.5) is 18.9 Å². The molecule has 1 saturated carbocycles. The number of amides is 1. The van der Waals surface area contributed by atoms with Gasteiger partial charge in [-0.25, -0.2) is 0 Å². The third-order valence-electron chi connectivity index (χ3n) is 5.12. The number of rotatable bonds is 5. The number of hydrogen-bond donors (Lipinski definition) is 2. The molecule has 28 heavy (non-hydrogen) atoms. The highest BCUT2D eigenvalue weighted by molar-refractivity contribution is 6.30. The first-order valence-electron chi connectivity index (χ1n) is 9.27. The van der Waals surface area contributed by atoms with E-state index < -0.39 is 23.2 Å². The van der Waals surface area contributed by atoms with Gasteiger partial charge in [-0.2, -0.15) is 13.2 Å². The molecule has 7 heteroatoms. The fourth-order valence-corrected chi connectivity index (χ4v) is 3.69. The van der Waals surface area contributed by atoms with Crippen LogP contribution in [0.2, 0.25) is 5.02 Å². The lowest BCUT2D eigenvalue weighted by Crippen LogP contribution is -2.54. The largest absolute Gasteiger partial charge is 0.416 e. The summed E-state index contributed by atoms with van der Waals surface area (Å²) in [6, 6.07) is 11.8. The SMILES string of the molecule is O=C(NC1(CNc2ccc(Cl)cc2)CCCCC1)c1cccc(C(F)(F)F)c1. The van der Waals surface area contributed by atoms with Gasteiger partial charge in [0.2, 0.25) is 0 Å². The van der Waals surface area contributed by atoms with Crippen molar-refractivity contribution in [3.8, 4) is 0 Å². The average Bonchev–Trinajstić information content (AvgIpc) is 2.68. The van der Waals surface area contributed by atoms with Crippen LogP contribution in [-0.2, 0) is 6.18 Å². The second-order valence-corrected chi connectivity index (χ2v) is 7.67. The number of alkyl halides is 3. The number of hydrogen-bond acceptors (Lipinski definition) is 2. The molecule has 0 aromatic heterocycles. The van der Waals surface area contributed by atoms with E-state index in [1.54, 1.807) is 12.1 Å². The smallest absolute Gasteiger partial charge is 0.383 e. The van der Waals surface area contributed by atoms with E-state index in [0.717, 1.165) is 49.9 Å². The van der Waals surface area contributed by atoms with Crippen molar-refractivity contribution < 1.29 is 18.0 Å². The second kappa shape index (κ2) is 8.43. The van der Waals surface area contributed by atoms with Crippen LogP contribution in [-0.4, -0.2) is 18.0 Å². The molecule has 0 atom stereocenters. The van der Waals surface area contributed by atoms with Crippen LogP contribution in [0.3, 0.4) is 0 Å². The second-order valence-electron chi connectivity index (χ2n) is 7.23. The summed E-state index contributed by atoms with van der Waals surface area (Å²) in [5.41, 5.74) is -0.422. The summed E-state index contributed by atoms with van der Waals surface area (Å²) in [6.45, 7) is 0.499. The summed E-state index contributed by atoms with van der Waals surface area (Å²) >= 11 is 5.90. The van der Waals surface area contributed by atoms with Crippen molar-refractivity contribution in [2.24, 2.45) is 0 Å². The lowest BCUT2D eigenvalue weighted by atomic mass is 9.81. The third kappa shape index (κ3) is 5.19. The van der Waals surface area contributed by atoms with Crippen molar-refractivity contribution >= 4 is 23.2 Å². The molecule has 1 aliphatic rings. The first-order valence-corrected chi connectivity index (χ1v) is 9.64. The average molecular weight is 411 g/mol.